The molecule has 0 aromatic heterocycles. The zero-order chi connectivity index (χ0) is 9.68. The lowest BCUT2D eigenvalue weighted by Crippen LogP contribution is -2.16. The van der Waals surface area contributed by atoms with E-state index in [2.05, 4.69) is 0 Å². The molecule has 0 spiro atoms. The van der Waals surface area contributed by atoms with Crippen molar-refractivity contribution in [2.24, 2.45) is 0 Å². The van der Waals surface area contributed by atoms with Crippen molar-refractivity contribution in [2.45, 2.75) is 25.9 Å². The molecular formula is C11H13FO. The van der Waals surface area contributed by atoms with Crippen LogP contribution in [-0.2, 0) is 11.2 Å². The van der Waals surface area contributed by atoms with Crippen molar-refractivity contribution in [1.82, 2.24) is 0 Å². The quantitative estimate of drug-likeness (QED) is 0.696. The number of alkyl halides is 1. The molecule has 1 aromatic carbocycles. The van der Waals surface area contributed by atoms with E-state index >= 15 is 0 Å². The Hall–Kier alpha value is -1.18. The van der Waals surface area contributed by atoms with Crippen molar-refractivity contribution in [3.8, 4) is 0 Å². The number of hydrogen-bond donors (Lipinski definition) is 0. The van der Waals surface area contributed by atoms with E-state index < -0.39 is 6.17 Å². The van der Waals surface area contributed by atoms with E-state index in [0.717, 1.165) is 5.56 Å². The van der Waals surface area contributed by atoms with Crippen LogP contribution in [0.5, 0.6) is 0 Å². The molecule has 0 heterocycles. The van der Waals surface area contributed by atoms with Gasteiger partial charge in [0.1, 0.15) is 0 Å². The normalized spacial score (nSPS) is 12.5. The highest BCUT2D eigenvalue weighted by molar-refractivity contribution is 5.82. The SMILES string of the molecule is CCC(=O)[C@H](F)Cc1ccccc1. The Bertz CT molecular complexity index is 269. The first-order valence-electron chi connectivity index (χ1n) is 4.44. The average Bonchev–Trinajstić information content (AvgIpc) is 2.18. The van der Waals surface area contributed by atoms with E-state index in [4.69, 9.17) is 0 Å². The lowest BCUT2D eigenvalue weighted by molar-refractivity contribution is -0.123. The molecule has 0 amide bonds. The molecule has 1 aromatic rings. The zero-order valence-corrected chi connectivity index (χ0v) is 7.66. The van der Waals surface area contributed by atoms with E-state index in [0.29, 0.717) is 0 Å². The van der Waals surface area contributed by atoms with E-state index in [1.165, 1.54) is 0 Å². The summed E-state index contributed by atoms with van der Waals surface area (Å²) in [4.78, 5) is 10.9. The van der Waals surface area contributed by atoms with Gasteiger partial charge in [-0.25, -0.2) is 4.39 Å². The monoisotopic (exact) mass is 180 g/mol. The van der Waals surface area contributed by atoms with Crippen LogP contribution in [0.3, 0.4) is 0 Å². The van der Waals surface area contributed by atoms with Crippen LogP contribution in [0.2, 0.25) is 0 Å². The molecule has 1 atom stereocenters. The summed E-state index contributed by atoms with van der Waals surface area (Å²) in [7, 11) is 0. The topological polar surface area (TPSA) is 17.1 Å². The number of rotatable bonds is 4. The molecule has 0 unspecified atom stereocenters. The van der Waals surface area contributed by atoms with Gasteiger partial charge in [0.2, 0.25) is 0 Å². The van der Waals surface area contributed by atoms with Crippen molar-refractivity contribution in [2.75, 3.05) is 0 Å². The highest BCUT2D eigenvalue weighted by atomic mass is 19.1. The third kappa shape index (κ3) is 2.98. The maximum absolute atomic E-state index is 13.1. The first kappa shape index (κ1) is 9.90. The molecule has 0 aliphatic rings. The second kappa shape index (κ2) is 4.75. The van der Waals surface area contributed by atoms with Gasteiger partial charge in [-0.2, -0.15) is 0 Å². The molecule has 0 bridgehead atoms. The lowest BCUT2D eigenvalue weighted by atomic mass is 10.1. The average molecular weight is 180 g/mol. The number of benzene rings is 1. The fourth-order valence-electron chi connectivity index (χ4n) is 1.16. The lowest BCUT2D eigenvalue weighted by Gasteiger charge is -2.04. The molecule has 13 heavy (non-hydrogen) atoms. The molecule has 0 saturated carbocycles. The van der Waals surface area contributed by atoms with Crippen molar-refractivity contribution >= 4 is 5.78 Å². The molecule has 2 heteroatoms. The summed E-state index contributed by atoms with van der Waals surface area (Å²) in [5.41, 5.74) is 0.872. The van der Waals surface area contributed by atoms with Crippen molar-refractivity contribution in [3.05, 3.63) is 35.9 Å². The molecule has 0 aliphatic carbocycles. The summed E-state index contributed by atoms with van der Waals surface area (Å²) in [6.45, 7) is 1.68. The molecular weight excluding hydrogens is 167 g/mol. The van der Waals surface area contributed by atoms with Crippen LogP contribution in [-0.4, -0.2) is 12.0 Å². The van der Waals surface area contributed by atoms with Crippen LogP contribution in [0.1, 0.15) is 18.9 Å². The van der Waals surface area contributed by atoms with E-state index in [1.807, 2.05) is 30.3 Å². The van der Waals surface area contributed by atoms with Crippen molar-refractivity contribution in [1.29, 1.82) is 0 Å². The molecule has 0 fully saturated rings. The molecule has 0 aliphatic heterocycles. The predicted octanol–water partition coefficient (Wildman–Crippen LogP) is 2.55. The van der Waals surface area contributed by atoms with Gasteiger partial charge >= 0.3 is 0 Å². The second-order valence-corrected chi connectivity index (χ2v) is 2.98. The van der Waals surface area contributed by atoms with Gasteiger partial charge in [-0.3, -0.25) is 4.79 Å². The Kier molecular flexibility index (Phi) is 3.62. The minimum Gasteiger partial charge on any atom is -0.296 e. The van der Waals surface area contributed by atoms with Gasteiger partial charge in [0.25, 0.3) is 0 Å². The molecule has 0 saturated heterocycles. The standard InChI is InChI=1S/C11H13FO/c1-2-11(13)10(12)8-9-6-4-3-5-7-9/h3-7,10H,2,8H2,1H3/t10-/m1/s1. The summed E-state index contributed by atoms with van der Waals surface area (Å²) in [6, 6.07) is 9.22. The molecule has 1 rings (SSSR count). The fourth-order valence-corrected chi connectivity index (χ4v) is 1.16. The third-order valence-electron chi connectivity index (χ3n) is 1.96. The van der Waals surface area contributed by atoms with Crippen LogP contribution < -0.4 is 0 Å². The minimum absolute atomic E-state index is 0.202. The van der Waals surface area contributed by atoms with E-state index in [9.17, 15) is 9.18 Å². The third-order valence-corrected chi connectivity index (χ3v) is 1.96. The van der Waals surface area contributed by atoms with Crippen LogP contribution in [0, 0.1) is 0 Å². The van der Waals surface area contributed by atoms with Crippen molar-refractivity contribution in [3.63, 3.8) is 0 Å². The number of ketones is 1. The molecule has 70 valence electrons. The molecule has 1 nitrogen and oxygen atoms in total. The summed E-state index contributed by atoms with van der Waals surface area (Å²) in [5, 5.41) is 0. The Morgan fingerprint density at radius 2 is 2.00 bits per heavy atom. The Morgan fingerprint density at radius 1 is 1.38 bits per heavy atom. The van der Waals surface area contributed by atoms with Gasteiger partial charge < -0.3 is 0 Å². The first-order chi connectivity index (χ1) is 6.24. The number of hydrogen-bond acceptors (Lipinski definition) is 1. The second-order valence-electron chi connectivity index (χ2n) is 2.98. The maximum Gasteiger partial charge on any atom is 0.166 e. The van der Waals surface area contributed by atoms with Crippen LogP contribution >= 0.6 is 0 Å². The number of halogens is 1. The zero-order valence-electron chi connectivity index (χ0n) is 7.66. The van der Waals surface area contributed by atoms with Gasteiger partial charge in [-0.1, -0.05) is 37.3 Å². The number of carbonyl (C=O) groups excluding carboxylic acids is 1. The van der Waals surface area contributed by atoms with Crippen LogP contribution in [0.15, 0.2) is 30.3 Å². The first-order valence-corrected chi connectivity index (χ1v) is 4.44. The summed E-state index contributed by atoms with van der Waals surface area (Å²) >= 11 is 0. The number of Topliss-reactive ketones (excluding diaryl/α,β-unsaturated/α-hetero) is 1. The Balaban J connectivity index is 2.55. The van der Waals surface area contributed by atoms with Crippen LogP contribution in [0.25, 0.3) is 0 Å². The highest BCUT2D eigenvalue weighted by Gasteiger charge is 2.14. The van der Waals surface area contributed by atoms with Gasteiger partial charge in [0, 0.05) is 12.8 Å². The van der Waals surface area contributed by atoms with Gasteiger partial charge in [0.15, 0.2) is 12.0 Å². The Labute approximate surface area is 77.6 Å². The molecule has 0 radical (unpaired) electrons. The van der Waals surface area contributed by atoms with Gasteiger partial charge in [-0.05, 0) is 5.56 Å². The summed E-state index contributed by atoms with van der Waals surface area (Å²) < 4.78 is 13.1. The maximum atomic E-state index is 13.1. The van der Waals surface area contributed by atoms with E-state index in [1.54, 1.807) is 6.92 Å². The van der Waals surface area contributed by atoms with Crippen LogP contribution in [0.4, 0.5) is 4.39 Å². The summed E-state index contributed by atoms with van der Waals surface area (Å²) in [5.74, 6) is -0.316. The van der Waals surface area contributed by atoms with Gasteiger partial charge in [-0.15, -0.1) is 0 Å². The minimum atomic E-state index is -1.34. The Morgan fingerprint density at radius 3 is 2.54 bits per heavy atom. The molecule has 0 N–H and O–H groups in total. The smallest absolute Gasteiger partial charge is 0.166 e. The fraction of sp³-hybridized carbons (Fsp3) is 0.364. The van der Waals surface area contributed by atoms with Crippen molar-refractivity contribution < 1.29 is 9.18 Å². The number of carbonyl (C=O) groups is 1. The highest BCUT2D eigenvalue weighted by Crippen LogP contribution is 2.07. The summed E-state index contributed by atoms with van der Waals surface area (Å²) in [6.07, 6.45) is -0.867. The van der Waals surface area contributed by atoms with Gasteiger partial charge in [0.05, 0.1) is 0 Å². The van der Waals surface area contributed by atoms with E-state index in [-0.39, 0.29) is 18.6 Å². The predicted molar refractivity (Wildman–Crippen MR) is 50.3 cm³/mol. The largest absolute Gasteiger partial charge is 0.296 e.